The lowest BCUT2D eigenvalue weighted by Crippen LogP contribution is -2.30. The molecular formula is C13H18N4. The number of rotatable bonds is 3. The van der Waals surface area contributed by atoms with Crippen molar-refractivity contribution in [3.8, 4) is 0 Å². The Morgan fingerprint density at radius 2 is 1.94 bits per heavy atom. The van der Waals surface area contributed by atoms with E-state index in [4.69, 9.17) is 5.73 Å². The Morgan fingerprint density at radius 1 is 1.29 bits per heavy atom. The fourth-order valence-corrected chi connectivity index (χ4v) is 1.79. The highest BCUT2D eigenvalue weighted by molar-refractivity contribution is 5.77. The number of hydrogen-bond donors (Lipinski definition) is 2. The summed E-state index contributed by atoms with van der Waals surface area (Å²) in [6.45, 7) is 2.72. The third kappa shape index (κ3) is 3.00. The molecule has 90 valence electrons. The van der Waals surface area contributed by atoms with Gasteiger partial charge in [0.1, 0.15) is 0 Å². The number of nitrogens with two attached hydrogens (primary N) is 1. The van der Waals surface area contributed by atoms with E-state index in [0.717, 1.165) is 13.1 Å². The first-order chi connectivity index (χ1) is 8.29. The second-order valence-electron chi connectivity index (χ2n) is 4.01. The summed E-state index contributed by atoms with van der Waals surface area (Å²) in [6, 6.07) is 8.51. The number of benzene rings is 1. The summed E-state index contributed by atoms with van der Waals surface area (Å²) in [6.07, 6.45) is 4.38. The first kappa shape index (κ1) is 11.5. The van der Waals surface area contributed by atoms with Crippen molar-refractivity contribution in [2.45, 2.75) is 6.54 Å². The molecule has 0 radical (unpaired) electrons. The van der Waals surface area contributed by atoms with Crippen LogP contribution in [0.15, 0.2) is 41.4 Å². The molecule has 0 spiro atoms. The Kier molecular flexibility index (Phi) is 3.65. The Bertz CT molecular complexity index is 412. The van der Waals surface area contributed by atoms with Gasteiger partial charge in [-0.05, 0) is 17.7 Å². The van der Waals surface area contributed by atoms with Gasteiger partial charge in [-0.2, -0.15) is 0 Å². The maximum atomic E-state index is 5.57. The summed E-state index contributed by atoms with van der Waals surface area (Å²) in [5, 5.41) is 3.04. The van der Waals surface area contributed by atoms with Crippen LogP contribution in [-0.2, 0) is 6.54 Å². The molecule has 1 aliphatic rings. The molecule has 1 aliphatic heterocycles. The van der Waals surface area contributed by atoms with Gasteiger partial charge in [0.05, 0.1) is 0 Å². The summed E-state index contributed by atoms with van der Waals surface area (Å²) in [5.41, 5.74) is 8.03. The smallest absolute Gasteiger partial charge is 0.188 e. The summed E-state index contributed by atoms with van der Waals surface area (Å²) >= 11 is 0. The molecule has 0 fully saturated rings. The predicted octanol–water partition coefficient (Wildman–Crippen LogP) is 1.10. The zero-order chi connectivity index (χ0) is 12.1. The Hall–Kier alpha value is -1.97. The second kappa shape index (κ2) is 5.39. The van der Waals surface area contributed by atoms with Crippen LogP contribution < -0.4 is 16.0 Å². The van der Waals surface area contributed by atoms with Crippen molar-refractivity contribution in [1.29, 1.82) is 0 Å². The molecule has 1 aromatic carbocycles. The minimum absolute atomic E-state index is 0.470. The molecule has 0 saturated carbocycles. The average molecular weight is 230 g/mol. The lowest BCUT2D eigenvalue weighted by molar-refractivity contribution is 0.899. The molecule has 17 heavy (non-hydrogen) atoms. The first-order valence-corrected chi connectivity index (χ1v) is 5.74. The van der Waals surface area contributed by atoms with E-state index in [1.165, 1.54) is 11.3 Å². The van der Waals surface area contributed by atoms with Gasteiger partial charge in [-0.3, -0.25) is 4.99 Å². The van der Waals surface area contributed by atoms with Crippen molar-refractivity contribution >= 4 is 11.6 Å². The molecule has 0 aliphatic carbocycles. The van der Waals surface area contributed by atoms with Gasteiger partial charge in [-0.25, -0.2) is 0 Å². The van der Waals surface area contributed by atoms with E-state index in [2.05, 4.69) is 51.6 Å². The van der Waals surface area contributed by atoms with E-state index < -0.39 is 0 Å². The maximum absolute atomic E-state index is 5.57. The van der Waals surface area contributed by atoms with Gasteiger partial charge in [0.2, 0.25) is 0 Å². The molecule has 4 heteroatoms. The van der Waals surface area contributed by atoms with Gasteiger partial charge in [-0.1, -0.05) is 24.3 Å². The van der Waals surface area contributed by atoms with Crippen LogP contribution in [0.5, 0.6) is 0 Å². The number of nitrogens with zero attached hydrogens (tertiary/aromatic N) is 2. The SMILES string of the molecule is CN=C(N)NCc1ccc(N2CC=CC2)cc1. The van der Waals surface area contributed by atoms with Crippen LogP contribution in [0.4, 0.5) is 5.69 Å². The van der Waals surface area contributed by atoms with Crippen LogP contribution in [0.1, 0.15) is 5.56 Å². The number of aliphatic imine (C=N–C) groups is 1. The van der Waals surface area contributed by atoms with E-state index in [9.17, 15) is 0 Å². The van der Waals surface area contributed by atoms with Gasteiger partial charge in [0.15, 0.2) is 5.96 Å². The Balaban J connectivity index is 1.93. The fraction of sp³-hybridized carbons (Fsp3) is 0.308. The van der Waals surface area contributed by atoms with Crippen LogP contribution in [0.3, 0.4) is 0 Å². The van der Waals surface area contributed by atoms with Gasteiger partial charge in [0.25, 0.3) is 0 Å². The molecule has 0 bridgehead atoms. The summed E-state index contributed by atoms with van der Waals surface area (Å²) < 4.78 is 0. The van der Waals surface area contributed by atoms with Crippen LogP contribution in [-0.4, -0.2) is 26.1 Å². The van der Waals surface area contributed by atoms with Crippen molar-refractivity contribution in [1.82, 2.24) is 5.32 Å². The molecular weight excluding hydrogens is 212 g/mol. The van der Waals surface area contributed by atoms with Crippen LogP contribution in [0, 0.1) is 0 Å². The average Bonchev–Trinajstić information content (AvgIpc) is 2.90. The van der Waals surface area contributed by atoms with Crippen molar-refractivity contribution in [3.63, 3.8) is 0 Å². The molecule has 0 amide bonds. The molecule has 4 nitrogen and oxygen atoms in total. The van der Waals surface area contributed by atoms with Crippen LogP contribution >= 0.6 is 0 Å². The molecule has 0 unspecified atom stereocenters. The summed E-state index contributed by atoms with van der Waals surface area (Å²) in [5.74, 6) is 0.470. The summed E-state index contributed by atoms with van der Waals surface area (Å²) in [4.78, 5) is 6.17. The second-order valence-corrected chi connectivity index (χ2v) is 4.01. The molecule has 1 aromatic rings. The Morgan fingerprint density at radius 3 is 2.53 bits per heavy atom. The molecule has 1 heterocycles. The monoisotopic (exact) mass is 230 g/mol. The lowest BCUT2D eigenvalue weighted by Gasteiger charge is -2.17. The molecule has 2 rings (SSSR count). The van der Waals surface area contributed by atoms with Crippen LogP contribution in [0.25, 0.3) is 0 Å². The van der Waals surface area contributed by atoms with Crippen molar-refractivity contribution < 1.29 is 0 Å². The molecule has 3 N–H and O–H groups in total. The Labute approximate surface area is 102 Å². The summed E-state index contributed by atoms with van der Waals surface area (Å²) in [7, 11) is 1.67. The van der Waals surface area contributed by atoms with Gasteiger partial charge in [0, 0.05) is 32.4 Å². The molecule has 0 saturated heterocycles. The van der Waals surface area contributed by atoms with E-state index in [1.54, 1.807) is 7.05 Å². The van der Waals surface area contributed by atoms with E-state index in [0.29, 0.717) is 12.5 Å². The number of hydrogen-bond acceptors (Lipinski definition) is 2. The number of nitrogens with one attached hydrogen (secondary N) is 1. The largest absolute Gasteiger partial charge is 0.370 e. The predicted molar refractivity (Wildman–Crippen MR) is 72.2 cm³/mol. The highest BCUT2D eigenvalue weighted by Crippen LogP contribution is 2.17. The quantitative estimate of drug-likeness (QED) is 0.464. The van der Waals surface area contributed by atoms with Crippen molar-refractivity contribution in [2.24, 2.45) is 10.7 Å². The normalized spacial score (nSPS) is 15.4. The van der Waals surface area contributed by atoms with Crippen LogP contribution in [0.2, 0.25) is 0 Å². The van der Waals surface area contributed by atoms with Crippen molar-refractivity contribution in [2.75, 3.05) is 25.0 Å². The fourth-order valence-electron chi connectivity index (χ4n) is 1.79. The minimum atomic E-state index is 0.470. The number of anilines is 1. The maximum Gasteiger partial charge on any atom is 0.188 e. The minimum Gasteiger partial charge on any atom is -0.370 e. The highest BCUT2D eigenvalue weighted by Gasteiger charge is 2.06. The molecule has 0 atom stereocenters. The zero-order valence-corrected chi connectivity index (χ0v) is 10.1. The van der Waals surface area contributed by atoms with Gasteiger partial charge < -0.3 is 16.0 Å². The molecule has 0 aromatic heterocycles. The highest BCUT2D eigenvalue weighted by atomic mass is 15.1. The van der Waals surface area contributed by atoms with E-state index >= 15 is 0 Å². The van der Waals surface area contributed by atoms with E-state index in [1.807, 2.05) is 0 Å². The lowest BCUT2D eigenvalue weighted by atomic mass is 10.2. The zero-order valence-electron chi connectivity index (χ0n) is 10.1. The van der Waals surface area contributed by atoms with Gasteiger partial charge in [-0.15, -0.1) is 0 Å². The third-order valence-electron chi connectivity index (χ3n) is 2.83. The van der Waals surface area contributed by atoms with E-state index in [-0.39, 0.29) is 0 Å². The third-order valence-corrected chi connectivity index (χ3v) is 2.83. The van der Waals surface area contributed by atoms with Crippen molar-refractivity contribution in [3.05, 3.63) is 42.0 Å². The first-order valence-electron chi connectivity index (χ1n) is 5.74. The number of guanidine groups is 1. The van der Waals surface area contributed by atoms with Gasteiger partial charge >= 0.3 is 0 Å². The topological polar surface area (TPSA) is 53.6 Å². The standard InChI is InChI=1S/C13H18N4/c1-15-13(14)16-10-11-4-6-12(7-5-11)17-8-2-3-9-17/h2-7H,8-10H2,1H3,(H3,14,15,16).